The summed E-state index contributed by atoms with van der Waals surface area (Å²) in [6, 6.07) is 3.65. The molecule has 4 nitrogen and oxygen atoms in total. The molecule has 15 heavy (non-hydrogen) atoms. The van der Waals surface area contributed by atoms with E-state index in [-0.39, 0.29) is 18.4 Å². The second-order valence-corrected chi connectivity index (χ2v) is 3.60. The molecule has 1 aromatic rings. The van der Waals surface area contributed by atoms with Crippen molar-refractivity contribution in [3.63, 3.8) is 0 Å². The number of halogens is 1. The van der Waals surface area contributed by atoms with E-state index in [0.717, 1.165) is 6.07 Å². The quantitative estimate of drug-likeness (QED) is 0.713. The number of nitrogens with two attached hydrogens (primary N) is 1. The van der Waals surface area contributed by atoms with E-state index in [4.69, 9.17) is 10.8 Å². The first-order chi connectivity index (χ1) is 7.08. The Kier molecular flexibility index (Phi) is 2.32. The lowest BCUT2D eigenvalue weighted by Crippen LogP contribution is -2.27. The van der Waals surface area contributed by atoms with Gasteiger partial charge in [0.15, 0.2) is 11.6 Å². The first kappa shape index (κ1) is 9.92. The maximum absolute atomic E-state index is 13.0. The minimum absolute atomic E-state index is 0.118. The summed E-state index contributed by atoms with van der Waals surface area (Å²) in [6.07, 6.45) is 0.280. The van der Waals surface area contributed by atoms with E-state index in [9.17, 15) is 9.18 Å². The van der Waals surface area contributed by atoms with E-state index < -0.39 is 11.6 Å². The standard InChI is InChI=1S/C10H11FN2O2/c11-8-4-7(1-2-9(8)14)13-5-6(12)3-10(13)15/h1-2,4,6,14H,3,5,12H2. The Morgan fingerprint density at radius 2 is 2.27 bits per heavy atom. The Morgan fingerprint density at radius 3 is 2.80 bits per heavy atom. The fraction of sp³-hybridized carbons (Fsp3) is 0.300. The van der Waals surface area contributed by atoms with E-state index in [1.165, 1.54) is 17.0 Å². The fourth-order valence-electron chi connectivity index (χ4n) is 1.65. The van der Waals surface area contributed by atoms with Gasteiger partial charge in [-0.3, -0.25) is 4.79 Å². The zero-order chi connectivity index (χ0) is 11.0. The number of hydrogen-bond acceptors (Lipinski definition) is 3. The maximum atomic E-state index is 13.0. The molecule has 1 aliphatic rings. The summed E-state index contributed by atoms with van der Waals surface area (Å²) >= 11 is 0. The van der Waals surface area contributed by atoms with Crippen LogP contribution in [0.2, 0.25) is 0 Å². The Bertz CT molecular complexity index is 408. The number of carbonyl (C=O) groups is 1. The van der Waals surface area contributed by atoms with E-state index in [1.54, 1.807) is 0 Å². The molecule has 0 spiro atoms. The average Bonchev–Trinajstić information content (AvgIpc) is 2.50. The fourth-order valence-corrected chi connectivity index (χ4v) is 1.65. The van der Waals surface area contributed by atoms with Crippen molar-refractivity contribution >= 4 is 11.6 Å². The molecule has 1 heterocycles. The van der Waals surface area contributed by atoms with Crippen LogP contribution < -0.4 is 10.6 Å². The highest BCUT2D eigenvalue weighted by Crippen LogP contribution is 2.25. The van der Waals surface area contributed by atoms with Crippen LogP contribution in [0, 0.1) is 5.82 Å². The molecule has 1 amide bonds. The van der Waals surface area contributed by atoms with E-state index in [2.05, 4.69) is 0 Å². The van der Waals surface area contributed by atoms with Gasteiger partial charge >= 0.3 is 0 Å². The second kappa shape index (κ2) is 3.51. The molecule has 1 unspecified atom stereocenters. The van der Waals surface area contributed by atoms with Crippen molar-refractivity contribution in [2.75, 3.05) is 11.4 Å². The summed E-state index contributed by atoms with van der Waals surface area (Å²) in [4.78, 5) is 12.9. The molecular weight excluding hydrogens is 199 g/mol. The van der Waals surface area contributed by atoms with Crippen LogP contribution in [0.3, 0.4) is 0 Å². The van der Waals surface area contributed by atoms with Crippen LogP contribution in [0.5, 0.6) is 5.75 Å². The van der Waals surface area contributed by atoms with Crippen LogP contribution in [-0.4, -0.2) is 23.6 Å². The predicted molar refractivity (Wildman–Crippen MR) is 53.0 cm³/mol. The second-order valence-electron chi connectivity index (χ2n) is 3.60. The SMILES string of the molecule is NC1CC(=O)N(c2ccc(O)c(F)c2)C1. The highest BCUT2D eigenvalue weighted by molar-refractivity contribution is 5.96. The van der Waals surface area contributed by atoms with Crippen LogP contribution in [0.1, 0.15) is 6.42 Å². The van der Waals surface area contributed by atoms with Gasteiger partial charge in [0, 0.05) is 30.8 Å². The predicted octanol–water partition coefficient (Wildman–Crippen LogP) is 0.595. The normalized spacial score (nSPS) is 21.1. The number of phenolic OH excluding ortho intramolecular Hbond substituents is 1. The summed E-state index contributed by atoms with van der Waals surface area (Å²) in [6.45, 7) is 0.392. The molecule has 0 bridgehead atoms. The topological polar surface area (TPSA) is 66.6 Å². The Hall–Kier alpha value is -1.62. The number of nitrogens with zero attached hydrogens (tertiary/aromatic N) is 1. The number of anilines is 1. The minimum Gasteiger partial charge on any atom is -0.505 e. The van der Waals surface area contributed by atoms with Gasteiger partial charge in [-0.25, -0.2) is 4.39 Å². The molecule has 0 radical (unpaired) electrons. The monoisotopic (exact) mass is 210 g/mol. The van der Waals surface area contributed by atoms with Crippen molar-refractivity contribution in [2.24, 2.45) is 5.73 Å². The number of aromatic hydroxyl groups is 1. The summed E-state index contributed by atoms with van der Waals surface area (Å²) in [7, 11) is 0. The molecule has 1 aliphatic heterocycles. The number of phenols is 1. The first-order valence-electron chi connectivity index (χ1n) is 4.62. The van der Waals surface area contributed by atoms with Crippen LogP contribution >= 0.6 is 0 Å². The first-order valence-corrected chi connectivity index (χ1v) is 4.62. The largest absolute Gasteiger partial charge is 0.505 e. The number of rotatable bonds is 1. The number of carbonyl (C=O) groups excluding carboxylic acids is 1. The van der Waals surface area contributed by atoms with Crippen LogP contribution in [0.15, 0.2) is 18.2 Å². The van der Waals surface area contributed by atoms with Crippen LogP contribution in [0.4, 0.5) is 10.1 Å². The molecule has 1 saturated heterocycles. The summed E-state index contributed by atoms with van der Waals surface area (Å²) in [5.74, 6) is -1.27. The lowest BCUT2D eigenvalue weighted by molar-refractivity contribution is -0.117. The minimum atomic E-state index is -0.735. The van der Waals surface area contributed by atoms with Gasteiger partial charge in [-0.05, 0) is 12.1 Å². The van der Waals surface area contributed by atoms with Crippen molar-refractivity contribution < 1.29 is 14.3 Å². The van der Waals surface area contributed by atoms with Crippen molar-refractivity contribution in [3.05, 3.63) is 24.0 Å². The third-order valence-corrected chi connectivity index (χ3v) is 2.40. The zero-order valence-electron chi connectivity index (χ0n) is 7.98. The van der Waals surface area contributed by atoms with Gasteiger partial charge in [0.1, 0.15) is 0 Å². The molecule has 3 N–H and O–H groups in total. The molecule has 2 rings (SSSR count). The molecule has 80 valence electrons. The molecule has 0 saturated carbocycles. The Balaban J connectivity index is 2.30. The van der Waals surface area contributed by atoms with E-state index in [0.29, 0.717) is 12.2 Å². The molecular formula is C10H11FN2O2. The van der Waals surface area contributed by atoms with Gasteiger partial charge in [0.25, 0.3) is 0 Å². The van der Waals surface area contributed by atoms with Gasteiger partial charge in [0.2, 0.25) is 5.91 Å². The van der Waals surface area contributed by atoms with E-state index >= 15 is 0 Å². The Morgan fingerprint density at radius 1 is 1.53 bits per heavy atom. The molecule has 0 aromatic heterocycles. The van der Waals surface area contributed by atoms with Gasteiger partial charge in [-0.1, -0.05) is 0 Å². The number of benzene rings is 1. The van der Waals surface area contributed by atoms with Crippen molar-refractivity contribution in [3.8, 4) is 5.75 Å². The third kappa shape index (κ3) is 1.78. The summed E-state index contributed by atoms with van der Waals surface area (Å²) < 4.78 is 13.0. The lowest BCUT2D eigenvalue weighted by Gasteiger charge is -2.16. The van der Waals surface area contributed by atoms with Gasteiger partial charge in [-0.2, -0.15) is 0 Å². The molecule has 0 aliphatic carbocycles. The molecule has 1 aromatic carbocycles. The maximum Gasteiger partial charge on any atom is 0.228 e. The van der Waals surface area contributed by atoms with Crippen LogP contribution in [0.25, 0.3) is 0 Å². The highest BCUT2D eigenvalue weighted by Gasteiger charge is 2.28. The van der Waals surface area contributed by atoms with Crippen molar-refractivity contribution in [2.45, 2.75) is 12.5 Å². The van der Waals surface area contributed by atoms with Gasteiger partial charge < -0.3 is 15.7 Å². The zero-order valence-corrected chi connectivity index (χ0v) is 7.98. The van der Waals surface area contributed by atoms with Crippen molar-refractivity contribution in [1.29, 1.82) is 0 Å². The molecule has 1 fully saturated rings. The van der Waals surface area contributed by atoms with Gasteiger partial charge in [-0.15, -0.1) is 0 Å². The number of hydrogen-bond donors (Lipinski definition) is 2. The Labute approximate surface area is 86.1 Å². The summed E-state index contributed by atoms with van der Waals surface area (Å²) in [5, 5.41) is 9.00. The lowest BCUT2D eigenvalue weighted by atomic mass is 10.2. The smallest absolute Gasteiger partial charge is 0.228 e. The molecule has 1 atom stereocenters. The van der Waals surface area contributed by atoms with E-state index in [1.807, 2.05) is 0 Å². The molecule has 5 heteroatoms. The average molecular weight is 210 g/mol. The summed E-state index contributed by atoms with van der Waals surface area (Å²) in [5.41, 5.74) is 6.05. The van der Waals surface area contributed by atoms with Crippen molar-refractivity contribution in [1.82, 2.24) is 0 Å². The highest BCUT2D eigenvalue weighted by atomic mass is 19.1. The number of amides is 1. The van der Waals surface area contributed by atoms with Crippen LogP contribution in [-0.2, 0) is 4.79 Å². The third-order valence-electron chi connectivity index (χ3n) is 2.40. The van der Waals surface area contributed by atoms with Gasteiger partial charge in [0.05, 0.1) is 0 Å².